The van der Waals surface area contributed by atoms with Crippen molar-refractivity contribution in [1.29, 1.82) is 0 Å². The number of hydrogen-bond acceptors (Lipinski definition) is 3. The lowest BCUT2D eigenvalue weighted by Crippen LogP contribution is -2.10. The Morgan fingerprint density at radius 2 is 2.44 bits per heavy atom. The molecule has 1 aromatic heterocycles. The summed E-state index contributed by atoms with van der Waals surface area (Å²) in [6, 6.07) is 6.58. The first-order chi connectivity index (χ1) is 7.83. The molecule has 2 nitrogen and oxygen atoms in total. The lowest BCUT2D eigenvalue weighted by molar-refractivity contribution is 0.582. The van der Waals surface area contributed by atoms with E-state index in [0.717, 1.165) is 5.92 Å². The van der Waals surface area contributed by atoms with Crippen molar-refractivity contribution < 1.29 is 0 Å². The summed E-state index contributed by atoms with van der Waals surface area (Å²) in [4.78, 5) is 4.65. The minimum absolute atomic E-state index is 0.799. The molecule has 3 heteroatoms. The SMILES string of the molecule is Cc1nc2c(CC3CCNC3)cccc2s1. The van der Waals surface area contributed by atoms with Crippen LogP contribution in [0, 0.1) is 12.8 Å². The normalized spacial score (nSPS) is 20.7. The number of thiazole rings is 1. The monoisotopic (exact) mass is 232 g/mol. The summed E-state index contributed by atoms with van der Waals surface area (Å²) in [7, 11) is 0. The zero-order valence-electron chi connectivity index (χ0n) is 9.49. The van der Waals surface area contributed by atoms with E-state index in [4.69, 9.17) is 0 Å². The highest BCUT2D eigenvalue weighted by Crippen LogP contribution is 2.27. The second-order valence-electron chi connectivity index (χ2n) is 4.56. The predicted molar refractivity (Wildman–Crippen MR) is 69.0 cm³/mol. The molecule has 0 spiro atoms. The van der Waals surface area contributed by atoms with Crippen LogP contribution in [0.4, 0.5) is 0 Å². The van der Waals surface area contributed by atoms with Gasteiger partial charge in [0.05, 0.1) is 15.2 Å². The maximum Gasteiger partial charge on any atom is 0.0907 e. The molecule has 1 aliphatic heterocycles. The van der Waals surface area contributed by atoms with Gasteiger partial charge in [-0.15, -0.1) is 11.3 Å². The smallest absolute Gasteiger partial charge is 0.0907 e. The fourth-order valence-corrected chi connectivity index (χ4v) is 3.36. The Kier molecular flexibility index (Phi) is 2.65. The van der Waals surface area contributed by atoms with E-state index in [0.29, 0.717) is 0 Å². The third-order valence-electron chi connectivity index (χ3n) is 3.28. The van der Waals surface area contributed by atoms with Gasteiger partial charge in [0, 0.05) is 0 Å². The Bertz CT molecular complexity index is 498. The van der Waals surface area contributed by atoms with E-state index < -0.39 is 0 Å². The highest BCUT2D eigenvalue weighted by atomic mass is 32.1. The highest BCUT2D eigenvalue weighted by Gasteiger charge is 2.16. The van der Waals surface area contributed by atoms with Crippen LogP contribution < -0.4 is 5.32 Å². The number of aromatic nitrogens is 1. The van der Waals surface area contributed by atoms with E-state index in [1.807, 2.05) is 0 Å². The molecule has 0 bridgehead atoms. The third kappa shape index (κ3) is 1.85. The number of nitrogens with one attached hydrogen (secondary N) is 1. The number of fused-ring (bicyclic) bond motifs is 1. The van der Waals surface area contributed by atoms with Gasteiger partial charge in [-0.05, 0) is 50.4 Å². The van der Waals surface area contributed by atoms with Gasteiger partial charge in [-0.1, -0.05) is 12.1 Å². The average Bonchev–Trinajstić information content (AvgIpc) is 2.86. The van der Waals surface area contributed by atoms with Crippen molar-refractivity contribution in [3.8, 4) is 0 Å². The molecule has 0 aliphatic carbocycles. The Hall–Kier alpha value is -0.930. The molecule has 3 rings (SSSR count). The molecule has 0 amide bonds. The van der Waals surface area contributed by atoms with E-state index >= 15 is 0 Å². The van der Waals surface area contributed by atoms with Crippen LogP contribution in [0.1, 0.15) is 17.0 Å². The number of aryl methyl sites for hydroxylation is 1. The number of rotatable bonds is 2. The van der Waals surface area contributed by atoms with Gasteiger partial charge in [0.25, 0.3) is 0 Å². The van der Waals surface area contributed by atoms with Gasteiger partial charge in [0.1, 0.15) is 0 Å². The van der Waals surface area contributed by atoms with E-state index in [2.05, 4.69) is 35.4 Å². The van der Waals surface area contributed by atoms with Gasteiger partial charge in [-0.25, -0.2) is 4.98 Å². The van der Waals surface area contributed by atoms with Gasteiger partial charge in [-0.2, -0.15) is 0 Å². The minimum atomic E-state index is 0.799. The van der Waals surface area contributed by atoms with Crippen LogP contribution in [0.25, 0.3) is 10.2 Å². The van der Waals surface area contributed by atoms with Crippen molar-refractivity contribution >= 4 is 21.6 Å². The number of benzene rings is 1. The summed E-state index contributed by atoms with van der Waals surface area (Å²) >= 11 is 1.80. The summed E-state index contributed by atoms with van der Waals surface area (Å²) in [6.45, 7) is 4.43. The minimum Gasteiger partial charge on any atom is -0.316 e. The first kappa shape index (κ1) is 10.2. The summed E-state index contributed by atoms with van der Waals surface area (Å²) < 4.78 is 1.33. The largest absolute Gasteiger partial charge is 0.316 e. The van der Waals surface area contributed by atoms with Gasteiger partial charge in [-0.3, -0.25) is 0 Å². The standard InChI is InChI=1S/C13H16N2S/c1-9-15-13-11(3-2-4-12(13)16-9)7-10-5-6-14-8-10/h2-4,10,14H,5-8H2,1H3. The number of nitrogens with zero attached hydrogens (tertiary/aromatic N) is 1. The molecule has 84 valence electrons. The summed E-state index contributed by atoms with van der Waals surface area (Å²) in [5.41, 5.74) is 2.66. The number of para-hydroxylation sites is 1. The van der Waals surface area contributed by atoms with Crippen LogP contribution in [0.15, 0.2) is 18.2 Å². The summed E-state index contributed by atoms with van der Waals surface area (Å²) in [5, 5.41) is 4.60. The molecule has 1 atom stereocenters. The molecule has 2 heterocycles. The van der Waals surface area contributed by atoms with E-state index in [1.165, 1.54) is 46.7 Å². The maximum absolute atomic E-state index is 4.65. The second kappa shape index (κ2) is 4.15. The van der Waals surface area contributed by atoms with Gasteiger partial charge in [0.2, 0.25) is 0 Å². The maximum atomic E-state index is 4.65. The molecule has 1 unspecified atom stereocenters. The fourth-order valence-electron chi connectivity index (χ4n) is 2.48. The predicted octanol–water partition coefficient (Wildman–Crippen LogP) is 2.76. The third-order valence-corrected chi connectivity index (χ3v) is 4.22. The summed E-state index contributed by atoms with van der Waals surface area (Å²) in [5.74, 6) is 0.799. The van der Waals surface area contributed by atoms with E-state index in [1.54, 1.807) is 11.3 Å². The van der Waals surface area contributed by atoms with Crippen LogP contribution in [-0.2, 0) is 6.42 Å². The van der Waals surface area contributed by atoms with Crippen molar-refractivity contribution in [2.75, 3.05) is 13.1 Å². The molecule has 1 fully saturated rings. The van der Waals surface area contributed by atoms with Crippen molar-refractivity contribution in [2.24, 2.45) is 5.92 Å². The molecule has 1 aliphatic rings. The molecule has 16 heavy (non-hydrogen) atoms. The molecule has 1 aromatic carbocycles. The fraction of sp³-hybridized carbons (Fsp3) is 0.462. The van der Waals surface area contributed by atoms with E-state index in [-0.39, 0.29) is 0 Å². The lowest BCUT2D eigenvalue weighted by atomic mass is 9.98. The van der Waals surface area contributed by atoms with Gasteiger partial charge >= 0.3 is 0 Å². The molecule has 2 aromatic rings. The second-order valence-corrected chi connectivity index (χ2v) is 5.79. The van der Waals surface area contributed by atoms with E-state index in [9.17, 15) is 0 Å². The van der Waals surface area contributed by atoms with Crippen LogP contribution in [-0.4, -0.2) is 18.1 Å². The molecule has 0 radical (unpaired) electrons. The van der Waals surface area contributed by atoms with Crippen molar-refractivity contribution in [3.05, 3.63) is 28.8 Å². The first-order valence-electron chi connectivity index (χ1n) is 5.88. The molecule has 1 saturated heterocycles. The van der Waals surface area contributed by atoms with Crippen LogP contribution in [0.5, 0.6) is 0 Å². The zero-order valence-corrected chi connectivity index (χ0v) is 10.3. The van der Waals surface area contributed by atoms with Crippen LogP contribution >= 0.6 is 11.3 Å². The Morgan fingerprint density at radius 3 is 3.25 bits per heavy atom. The average molecular weight is 232 g/mol. The quantitative estimate of drug-likeness (QED) is 0.861. The van der Waals surface area contributed by atoms with Gasteiger partial charge < -0.3 is 5.32 Å². The topological polar surface area (TPSA) is 24.9 Å². The molecular weight excluding hydrogens is 216 g/mol. The molecule has 0 saturated carbocycles. The first-order valence-corrected chi connectivity index (χ1v) is 6.70. The number of hydrogen-bond donors (Lipinski definition) is 1. The lowest BCUT2D eigenvalue weighted by Gasteiger charge is -2.08. The Morgan fingerprint density at radius 1 is 1.50 bits per heavy atom. The Balaban J connectivity index is 1.95. The van der Waals surface area contributed by atoms with Gasteiger partial charge in [0.15, 0.2) is 0 Å². The Labute approximate surface area is 99.7 Å². The van der Waals surface area contributed by atoms with Crippen molar-refractivity contribution in [1.82, 2.24) is 10.3 Å². The zero-order chi connectivity index (χ0) is 11.0. The van der Waals surface area contributed by atoms with Crippen LogP contribution in [0.3, 0.4) is 0 Å². The van der Waals surface area contributed by atoms with Crippen molar-refractivity contribution in [3.63, 3.8) is 0 Å². The summed E-state index contributed by atoms with van der Waals surface area (Å²) in [6.07, 6.45) is 2.48. The molecular formula is C13H16N2S. The van der Waals surface area contributed by atoms with Crippen molar-refractivity contribution in [2.45, 2.75) is 19.8 Å². The van der Waals surface area contributed by atoms with Crippen LogP contribution in [0.2, 0.25) is 0 Å². The highest BCUT2D eigenvalue weighted by molar-refractivity contribution is 7.18. The molecule has 1 N–H and O–H groups in total.